The second kappa shape index (κ2) is 16.1. The number of fused-ring (bicyclic) bond motifs is 3. The number of nitrogens with zero attached hydrogens (tertiary/aromatic N) is 4. The smallest absolute Gasteiger partial charge is 0.309 e. The molecule has 0 spiro atoms. The van der Waals surface area contributed by atoms with E-state index in [9.17, 15) is 26.3 Å². The average molecular weight is 867 g/mol. The van der Waals surface area contributed by atoms with Crippen LogP contribution in [-0.4, -0.2) is 19.5 Å². The van der Waals surface area contributed by atoms with Crippen LogP contribution in [0.1, 0.15) is 22.3 Å². The summed E-state index contributed by atoms with van der Waals surface area (Å²) in [5.74, 6) is 1.03. The Balaban J connectivity index is 1.33. The highest BCUT2D eigenvalue weighted by Gasteiger charge is 2.37. The lowest BCUT2D eigenvalue weighted by Crippen LogP contribution is -2.11. The standard InChI is InChI=1S/C55H36F6N4/c1-33-13-9-11-19-43(33)37-21-25-46-47-26-22-38(44-20-12-10-14-34(44)2)30-50(47)65(49(46)29-37)48-31-39(23-24-45(48)40-27-41(54(56,57)58)32-42(28-40)55(59,60)61)53-63-51(35-15-5-3-6-16-35)62-52(64-53)36-17-7-4-8-18-36/h3-32H,1-2H3. The quantitative estimate of drug-likeness (QED) is 0.150. The van der Waals surface area contributed by atoms with E-state index in [0.29, 0.717) is 33.9 Å². The van der Waals surface area contributed by atoms with Crippen LogP contribution in [0.5, 0.6) is 0 Å². The summed E-state index contributed by atoms with van der Waals surface area (Å²) in [4.78, 5) is 14.7. The van der Waals surface area contributed by atoms with Crippen LogP contribution in [-0.2, 0) is 12.4 Å². The molecular weight excluding hydrogens is 831 g/mol. The largest absolute Gasteiger partial charge is 0.416 e. The van der Waals surface area contributed by atoms with Crippen molar-refractivity contribution in [1.82, 2.24) is 19.5 Å². The first-order valence-corrected chi connectivity index (χ1v) is 20.8. The first-order valence-electron chi connectivity index (χ1n) is 20.8. The zero-order valence-electron chi connectivity index (χ0n) is 34.9. The number of halogens is 6. The molecule has 10 aromatic rings. The Labute approximate surface area is 370 Å². The van der Waals surface area contributed by atoms with E-state index < -0.39 is 23.5 Å². The molecule has 0 aliphatic heterocycles. The Morgan fingerprint density at radius 2 is 0.769 bits per heavy atom. The van der Waals surface area contributed by atoms with Gasteiger partial charge in [0.15, 0.2) is 17.5 Å². The molecule has 318 valence electrons. The van der Waals surface area contributed by atoms with Gasteiger partial charge in [0.1, 0.15) is 0 Å². The number of rotatable bonds is 7. The molecule has 8 aromatic carbocycles. The van der Waals surface area contributed by atoms with Crippen LogP contribution in [0.15, 0.2) is 182 Å². The predicted molar refractivity (Wildman–Crippen MR) is 246 cm³/mol. The van der Waals surface area contributed by atoms with Crippen LogP contribution in [0.25, 0.3) is 95.0 Å². The Bertz CT molecular complexity index is 3240. The molecule has 2 heterocycles. The van der Waals surface area contributed by atoms with Gasteiger partial charge in [0.25, 0.3) is 0 Å². The Morgan fingerprint density at radius 3 is 1.22 bits per heavy atom. The molecule has 0 atom stereocenters. The van der Waals surface area contributed by atoms with Crippen LogP contribution in [0.4, 0.5) is 26.3 Å². The van der Waals surface area contributed by atoms with E-state index in [2.05, 4.69) is 0 Å². The van der Waals surface area contributed by atoms with Gasteiger partial charge in [0.2, 0.25) is 0 Å². The minimum atomic E-state index is -5.07. The van der Waals surface area contributed by atoms with Crippen molar-refractivity contribution >= 4 is 21.8 Å². The molecule has 0 saturated heterocycles. The van der Waals surface area contributed by atoms with Gasteiger partial charge >= 0.3 is 12.4 Å². The number of hydrogen-bond donors (Lipinski definition) is 0. The monoisotopic (exact) mass is 866 g/mol. The molecule has 0 radical (unpaired) electrons. The second-order valence-corrected chi connectivity index (χ2v) is 16.0. The summed E-state index contributed by atoms with van der Waals surface area (Å²) < 4.78 is 89.3. The molecule has 65 heavy (non-hydrogen) atoms. The van der Waals surface area contributed by atoms with Crippen molar-refractivity contribution in [2.24, 2.45) is 0 Å². The minimum absolute atomic E-state index is 0.132. The third kappa shape index (κ3) is 7.81. The molecule has 10 rings (SSSR count). The zero-order chi connectivity index (χ0) is 45.0. The Hall–Kier alpha value is -7.85. The van der Waals surface area contributed by atoms with Crippen molar-refractivity contribution in [3.8, 4) is 73.2 Å². The topological polar surface area (TPSA) is 43.6 Å². The highest BCUT2D eigenvalue weighted by molar-refractivity contribution is 6.12. The predicted octanol–water partition coefficient (Wildman–Crippen LogP) is 15.6. The SMILES string of the molecule is Cc1ccccc1-c1ccc2c3ccc(-c4ccccc4C)cc3n(-c3cc(-c4nc(-c5ccccc5)nc(-c5ccccc5)n4)ccc3-c3cc(C(F)(F)F)cc(C(F)(F)F)c3)c2c1. The summed E-state index contributed by atoms with van der Waals surface area (Å²) in [6, 6.07) is 53.5. The summed E-state index contributed by atoms with van der Waals surface area (Å²) >= 11 is 0. The molecule has 0 aliphatic rings. The van der Waals surface area contributed by atoms with Crippen LogP contribution >= 0.6 is 0 Å². The van der Waals surface area contributed by atoms with Crippen molar-refractivity contribution in [3.05, 3.63) is 204 Å². The van der Waals surface area contributed by atoms with E-state index in [-0.39, 0.29) is 23.0 Å². The number of hydrogen-bond acceptors (Lipinski definition) is 3. The van der Waals surface area contributed by atoms with E-state index >= 15 is 0 Å². The normalized spacial score (nSPS) is 12.0. The van der Waals surface area contributed by atoms with E-state index in [1.54, 1.807) is 18.2 Å². The first kappa shape index (κ1) is 41.2. The van der Waals surface area contributed by atoms with Gasteiger partial charge in [0, 0.05) is 33.0 Å². The molecule has 0 saturated carbocycles. The maximum Gasteiger partial charge on any atom is 0.416 e. The van der Waals surface area contributed by atoms with E-state index in [4.69, 9.17) is 15.0 Å². The fraction of sp³-hybridized carbons (Fsp3) is 0.0727. The number of alkyl halides is 6. The van der Waals surface area contributed by atoms with Crippen molar-refractivity contribution in [2.45, 2.75) is 26.2 Å². The number of benzene rings is 8. The zero-order valence-corrected chi connectivity index (χ0v) is 34.9. The third-order valence-electron chi connectivity index (χ3n) is 11.8. The van der Waals surface area contributed by atoms with E-state index in [1.807, 2.05) is 164 Å². The average Bonchev–Trinajstić information content (AvgIpc) is 3.64. The van der Waals surface area contributed by atoms with E-state index in [0.717, 1.165) is 67.4 Å². The van der Waals surface area contributed by atoms with Gasteiger partial charge in [-0.1, -0.05) is 146 Å². The fourth-order valence-corrected chi connectivity index (χ4v) is 8.55. The minimum Gasteiger partial charge on any atom is -0.309 e. The van der Waals surface area contributed by atoms with Gasteiger partial charge < -0.3 is 4.57 Å². The molecule has 2 aromatic heterocycles. The van der Waals surface area contributed by atoms with Gasteiger partial charge in [-0.2, -0.15) is 26.3 Å². The maximum atomic E-state index is 14.6. The Morgan fingerprint density at radius 1 is 0.354 bits per heavy atom. The van der Waals surface area contributed by atoms with Crippen molar-refractivity contribution in [2.75, 3.05) is 0 Å². The van der Waals surface area contributed by atoms with Crippen LogP contribution in [0.2, 0.25) is 0 Å². The van der Waals surface area contributed by atoms with Crippen molar-refractivity contribution in [3.63, 3.8) is 0 Å². The summed E-state index contributed by atoms with van der Waals surface area (Å²) in [6.07, 6.45) is -10.1. The lowest BCUT2D eigenvalue weighted by Gasteiger charge is -2.19. The second-order valence-electron chi connectivity index (χ2n) is 16.0. The lowest BCUT2D eigenvalue weighted by atomic mass is 9.96. The van der Waals surface area contributed by atoms with Gasteiger partial charge in [-0.15, -0.1) is 0 Å². The van der Waals surface area contributed by atoms with E-state index in [1.165, 1.54) is 0 Å². The molecule has 0 aliphatic carbocycles. The first-order chi connectivity index (χ1) is 31.3. The Kier molecular flexibility index (Phi) is 10.2. The maximum absolute atomic E-state index is 14.6. The molecular formula is C55H36F6N4. The summed E-state index contributed by atoms with van der Waals surface area (Å²) in [5, 5.41) is 1.67. The molecule has 10 heteroatoms. The lowest BCUT2D eigenvalue weighted by molar-refractivity contribution is -0.143. The molecule has 4 nitrogen and oxygen atoms in total. The van der Waals surface area contributed by atoms with Gasteiger partial charge in [-0.05, 0) is 89.2 Å². The number of aromatic nitrogens is 4. The van der Waals surface area contributed by atoms with Crippen LogP contribution in [0, 0.1) is 13.8 Å². The molecule has 0 unspecified atom stereocenters. The summed E-state index contributed by atoms with van der Waals surface area (Å²) in [7, 11) is 0. The van der Waals surface area contributed by atoms with Gasteiger partial charge in [-0.3, -0.25) is 0 Å². The van der Waals surface area contributed by atoms with Crippen molar-refractivity contribution < 1.29 is 26.3 Å². The summed E-state index contributed by atoms with van der Waals surface area (Å²) in [6.45, 7) is 4.03. The molecule has 0 bridgehead atoms. The number of aryl methyl sites for hydroxylation is 2. The van der Waals surface area contributed by atoms with Crippen LogP contribution < -0.4 is 0 Å². The highest BCUT2D eigenvalue weighted by Crippen LogP contribution is 2.44. The molecule has 0 fully saturated rings. The van der Waals surface area contributed by atoms with Gasteiger partial charge in [0.05, 0.1) is 27.8 Å². The summed E-state index contributed by atoms with van der Waals surface area (Å²) in [5.41, 5.74) is 6.41. The molecule has 0 amide bonds. The van der Waals surface area contributed by atoms with Crippen molar-refractivity contribution in [1.29, 1.82) is 0 Å². The molecule has 0 N–H and O–H groups in total. The fourth-order valence-electron chi connectivity index (χ4n) is 8.55. The highest BCUT2D eigenvalue weighted by atomic mass is 19.4. The van der Waals surface area contributed by atoms with Gasteiger partial charge in [-0.25, -0.2) is 15.0 Å². The van der Waals surface area contributed by atoms with Crippen LogP contribution in [0.3, 0.4) is 0 Å². The third-order valence-corrected chi connectivity index (χ3v) is 11.8.